The Hall–Kier alpha value is -2.70. The number of carbonyl (C=O) groups is 2. The van der Waals surface area contributed by atoms with E-state index in [0.717, 1.165) is 74.4 Å². The van der Waals surface area contributed by atoms with Crippen LogP contribution in [0.3, 0.4) is 0 Å². The second-order valence-electron chi connectivity index (χ2n) is 16.9. The van der Waals surface area contributed by atoms with Gasteiger partial charge in [0, 0.05) is 12.8 Å². The van der Waals surface area contributed by atoms with Crippen LogP contribution in [0.5, 0.6) is 0 Å². The first kappa shape index (κ1) is 51.4. The highest BCUT2D eigenvalue weighted by Crippen LogP contribution is 2.29. The van der Waals surface area contributed by atoms with Crippen LogP contribution < -0.4 is 0 Å². The van der Waals surface area contributed by atoms with Gasteiger partial charge in [-0.1, -0.05) is 192 Å². The van der Waals surface area contributed by atoms with Gasteiger partial charge in [-0.15, -0.1) is 0 Å². The molecule has 6 nitrogen and oxygen atoms in total. The maximum atomic E-state index is 13.0. The van der Waals surface area contributed by atoms with Gasteiger partial charge in [0.25, 0.3) is 0 Å². The first-order valence-corrected chi connectivity index (χ1v) is 24.4. The van der Waals surface area contributed by atoms with Crippen LogP contribution >= 0.6 is 0 Å². The minimum atomic E-state index is -0.137. The van der Waals surface area contributed by atoms with Crippen LogP contribution in [-0.2, 0) is 32.3 Å². The van der Waals surface area contributed by atoms with Gasteiger partial charge in [0.15, 0.2) is 0 Å². The fourth-order valence-corrected chi connectivity index (χ4v) is 7.95. The van der Waals surface area contributed by atoms with Gasteiger partial charge >= 0.3 is 11.9 Å². The third-order valence-electron chi connectivity index (χ3n) is 11.6. The van der Waals surface area contributed by atoms with E-state index >= 15 is 0 Å². The Bertz CT molecular complexity index is 1180. The number of esters is 2. The molecule has 0 amide bonds. The van der Waals surface area contributed by atoms with Crippen molar-refractivity contribution in [1.29, 1.82) is 0 Å². The van der Waals surface area contributed by atoms with Crippen LogP contribution in [0.25, 0.3) is 11.1 Å². The van der Waals surface area contributed by atoms with Crippen molar-refractivity contribution in [1.82, 2.24) is 9.80 Å². The molecule has 0 aliphatic rings. The lowest BCUT2D eigenvalue weighted by molar-refractivity contribution is -0.146. The zero-order chi connectivity index (χ0) is 41.7. The third-order valence-corrected chi connectivity index (χ3v) is 11.6. The minimum absolute atomic E-state index is 0.137. The Kier molecular flexibility index (Phi) is 32.1. The molecule has 0 aliphatic carbocycles. The van der Waals surface area contributed by atoms with Gasteiger partial charge in [-0.25, -0.2) is 0 Å². The van der Waals surface area contributed by atoms with Crippen molar-refractivity contribution in [2.75, 3.05) is 39.3 Å². The molecule has 0 aliphatic heterocycles. The van der Waals surface area contributed by atoms with Crippen LogP contribution in [0.2, 0.25) is 0 Å². The lowest BCUT2D eigenvalue weighted by Gasteiger charge is -2.22. The van der Waals surface area contributed by atoms with Crippen LogP contribution in [0.15, 0.2) is 48.5 Å². The van der Waals surface area contributed by atoms with E-state index in [1.54, 1.807) is 0 Å². The van der Waals surface area contributed by atoms with Gasteiger partial charge in [-0.2, -0.15) is 0 Å². The van der Waals surface area contributed by atoms with E-state index in [1.165, 1.54) is 141 Å². The Balaban J connectivity index is 1.86. The standard InChI is InChI=1S/C52H88N2O4/c1-5-9-13-17-21-29-41-53(39-27-19-15-11-7-3)43-31-37-51(55)57-45-47-33-23-25-35-49(47)50-36-26-24-34-48(50)46-58-52(56)38-32-44-54(40-28-20-16-12-8-4)42-30-22-18-14-10-6-2/h23-26,33-36H,5-22,27-32,37-46H2,1-4H3. The van der Waals surface area contributed by atoms with Gasteiger partial charge in [-0.3, -0.25) is 9.59 Å². The molecule has 0 spiro atoms. The van der Waals surface area contributed by atoms with Gasteiger partial charge < -0.3 is 19.3 Å². The predicted molar refractivity (Wildman–Crippen MR) is 247 cm³/mol. The van der Waals surface area contributed by atoms with E-state index in [1.807, 2.05) is 36.4 Å². The molecule has 0 saturated heterocycles. The van der Waals surface area contributed by atoms with Gasteiger partial charge in [0.1, 0.15) is 13.2 Å². The lowest BCUT2D eigenvalue weighted by Crippen LogP contribution is -2.28. The van der Waals surface area contributed by atoms with Gasteiger partial charge in [0.05, 0.1) is 0 Å². The quantitative estimate of drug-likeness (QED) is 0.0495. The highest BCUT2D eigenvalue weighted by atomic mass is 16.5. The van der Waals surface area contributed by atoms with E-state index in [0.29, 0.717) is 12.8 Å². The number of nitrogens with zero attached hydrogens (tertiary/aromatic N) is 2. The maximum Gasteiger partial charge on any atom is 0.306 e. The van der Waals surface area contributed by atoms with Gasteiger partial charge in [0.2, 0.25) is 0 Å². The van der Waals surface area contributed by atoms with Crippen LogP contribution in [0, 0.1) is 0 Å². The largest absolute Gasteiger partial charge is 0.461 e. The normalized spacial score (nSPS) is 11.5. The number of hydrogen-bond acceptors (Lipinski definition) is 6. The van der Waals surface area contributed by atoms with Crippen molar-refractivity contribution in [3.63, 3.8) is 0 Å². The number of carbonyl (C=O) groups excluding carboxylic acids is 2. The second kappa shape index (κ2) is 36.2. The number of hydrogen-bond donors (Lipinski definition) is 0. The van der Waals surface area contributed by atoms with Gasteiger partial charge in [-0.05, 0) is 100 Å². The third kappa shape index (κ3) is 25.7. The first-order chi connectivity index (χ1) is 28.5. The second-order valence-corrected chi connectivity index (χ2v) is 16.9. The molecule has 6 heteroatoms. The molecule has 0 saturated carbocycles. The molecule has 2 aromatic rings. The van der Waals surface area contributed by atoms with E-state index in [2.05, 4.69) is 49.6 Å². The van der Waals surface area contributed by atoms with Crippen molar-refractivity contribution >= 4 is 11.9 Å². The van der Waals surface area contributed by atoms with E-state index in [4.69, 9.17) is 9.47 Å². The van der Waals surface area contributed by atoms with Crippen molar-refractivity contribution < 1.29 is 19.1 Å². The number of benzene rings is 2. The summed E-state index contributed by atoms with van der Waals surface area (Å²) >= 11 is 0. The molecule has 0 fully saturated rings. The SMILES string of the molecule is CCCCCCCCN(CCCCCCC)CCCC(=O)OCc1ccccc1-c1ccccc1COC(=O)CCCN(CCCCCCC)CCCCCCCC. The molecule has 0 radical (unpaired) electrons. The highest BCUT2D eigenvalue weighted by molar-refractivity contribution is 5.73. The predicted octanol–water partition coefficient (Wildman–Crippen LogP) is 14.3. The fraction of sp³-hybridized carbons (Fsp3) is 0.731. The smallest absolute Gasteiger partial charge is 0.306 e. The lowest BCUT2D eigenvalue weighted by atomic mass is 9.96. The topological polar surface area (TPSA) is 59.1 Å². The highest BCUT2D eigenvalue weighted by Gasteiger charge is 2.14. The molecule has 330 valence electrons. The molecule has 0 aromatic heterocycles. The molecule has 0 unspecified atom stereocenters. The van der Waals surface area contributed by atoms with Crippen molar-refractivity contribution in [2.24, 2.45) is 0 Å². The summed E-state index contributed by atoms with van der Waals surface area (Å²) in [6, 6.07) is 16.2. The number of rotatable bonds is 39. The summed E-state index contributed by atoms with van der Waals surface area (Å²) in [5.74, 6) is -0.275. The zero-order valence-corrected chi connectivity index (χ0v) is 38.2. The average molecular weight is 805 g/mol. The molecule has 0 atom stereocenters. The van der Waals surface area contributed by atoms with Crippen LogP contribution in [0.4, 0.5) is 0 Å². The van der Waals surface area contributed by atoms with Crippen molar-refractivity contribution in [2.45, 2.75) is 208 Å². The van der Waals surface area contributed by atoms with E-state index in [9.17, 15) is 9.59 Å². The van der Waals surface area contributed by atoms with E-state index < -0.39 is 0 Å². The molecular formula is C52H88N2O4. The maximum absolute atomic E-state index is 13.0. The summed E-state index contributed by atoms with van der Waals surface area (Å²) in [4.78, 5) is 31.2. The fourth-order valence-electron chi connectivity index (χ4n) is 7.95. The Morgan fingerprint density at radius 3 is 0.983 bits per heavy atom. The van der Waals surface area contributed by atoms with Crippen molar-refractivity contribution in [3.8, 4) is 11.1 Å². The Labute approximate surface area is 357 Å². The molecular weight excluding hydrogens is 717 g/mol. The zero-order valence-electron chi connectivity index (χ0n) is 38.2. The molecule has 0 bridgehead atoms. The van der Waals surface area contributed by atoms with Crippen molar-refractivity contribution in [3.05, 3.63) is 59.7 Å². The van der Waals surface area contributed by atoms with E-state index in [-0.39, 0.29) is 25.2 Å². The summed E-state index contributed by atoms with van der Waals surface area (Å²) in [7, 11) is 0. The minimum Gasteiger partial charge on any atom is -0.461 e. The molecule has 0 heterocycles. The summed E-state index contributed by atoms with van der Waals surface area (Å²) in [5, 5.41) is 0. The summed E-state index contributed by atoms with van der Waals surface area (Å²) in [5.41, 5.74) is 3.96. The summed E-state index contributed by atoms with van der Waals surface area (Å²) in [6.45, 7) is 16.0. The summed E-state index contributed by atoms with van der Waals surface area (Å²) < 4.78 is 11.8. The molecule has 2 aromatic carbocycles. The van der Waals surface area contributed by atoms with Crippen LogP contribution in [-0.4, -0.2) is 61.0 Å². The van der Waals surface area contributed by atoms with Crippen LogP contribution in [0.1, 0.15) is 206 Å². The first-order valence-electron chi connectivity index (χ1n) is 24.4. The Morgan fingerprint density at radius 2 is 0.655 bits per heavy atom. The number of ether oxygens (including phenoxy) is 2. The monoisotopic (exact) mass is 805 g/mol. The summed E-state index contributed by atoms with van der Waals surface area (Å²) in [6.07, 6.45) is 31.2. The average Bonchev–Trinajstić information content (AvgIpc) is 3.24. The number of unbranched alkanes of at least 4 members (excludes halogenated alkanes) is 18. The Morgan fingerprint density at radius 1 is 0.379 bits per heavy atom. The molecule has 58 heavy (non-hydrogen) atoms. The molecule has 2 rings (SSSR count). The molecule has 0 N–H and O–H groups in total.